The van der Waals surface area contributed by atoms with E-state index >= 15 is 0 Å². The fourth-order valence-corrected chi connectivity index (χ4v) is 1.18. The second-order valence-electron chi connectivity index (χ2n) is 2.90. The van der Waals surface area contributed by atoms with E-state index in [9.17, 15) is 4.39 Å². The number of hydrogen-bond acceptors (Lipinski definition) is 5. The molecule has 1 aliphatic carbocycles. The second-order valence-corrected chi connectivity index (χ2v) is 2.90. The van der Waals surface area contributed by atoms with Gasteiger partial charge in [0, 0.05) is 0 Å². The van der Waals surface area contributed by atoms with E-state index in [0.717, 1.165) is 0 Å². The third-order valence-electron chi connectivity index (χ3n) is 2.05. The molecule has 0 heterocycles. The Morgan fingerprint density at radius 2 is 0.833 bits per heavy atom. The van der Waals surface area contributed by atoms with E-state index in [1.54, 1.807) is 0 Å². The largest absolute Gasteiger partial charge is 0.387 e. The monoisotopic (exact) mass is 182 g/mol. The molecule has 1 saturated carbocycles. The van der Waals surface area contributed by atoms with Crippen molar-refractivity contribution in [2.75, 3.05) is 0 Å². The maximum absolute atomic E-state index is 12.7. The Labute approximate surface area is 67.7 Å². The van der Waals surface area contributed by atoms with E-state index in [-0.39, 0.29) is 0 Å². The second kappa shape index (κ2) is 3.23. The number of aliphatic hydroxyl groups is 5. The van der Waals surface area contributed by atoms with E-state index in [0.29, 0.717) is 0 Å². The number of aliphatic hydroxyl groups excluding tert-OH is 5. The van der Waals surface area contributed by atoms with Gasteiger partial charge in [-0.3, -0.25) is 0 Å². The highest BCUT2D eigenvalue weighted by molar-refractivity contribution is 4.98. The molecule has 5 nitrogen and oxygen atoms in total. The van der Waals surface area contributed by atoms with Gasteiger partial charge < -0.3 is 25.5 Å². The molecule has 1 fully saturated rings. The first-order valence-electron chi connectivity index (χ1n) is 3.51. The molecule has 0 amide bonds. The van der Waals surface area contributed by atoms with Gasteiger partial charge in [-0.15, -0.1) is 0 Å². The quantitative estimate of drug-likeness (QED) is 0.277. The maximum atomic E-state index is 12.7. The molecule has 2 unspecified atom stereocenters. The van der Waals surface area contributed by atoms with E-state index < -0.39 is 36.7 Å². The number of rotatable bonds is 0. The maximum Gasteiger partial charge on any atom is 0.157 e. The summed E-state index contributed by atoms with van der Waals surface area (Å²) in [6, 6.07) is 0. The average molecular weight is 182 g/mol. The van der Waals surface area contributed by atoms with Crippen molar-refractivity contribution in [1.29, 1.82) is 0 Å². The van der Waals surface area contributed by atoms with Crippen molar-refractivity contribution in [3.05, 3.63) is 0 Å². The first-order valence-corrected chi connectivity index (χ1v) is 3.51. The fourth-order valence-electron chi connectivity index (χ4n) is 1.18. The molecule has 6 atom stereocenters. The zero-order chi connectivity index (χ0) is 9.46. The molecule has 0 radical (unpaired) electrons. The van der Waals surface area contributed by atoms with Crippen molar-refractivity contribution in [3.63, 3.8) is 0 Å². The molecule has 0 spiro atoms. The van der Waals surface area contributed by atoms with Crippen LogP contribution >= 0.6 is 0 Å². The van der Waals surface area contributed by atoms with Crippen LogP contribution < -0.4 is 0 Å². The van der Waals surface area contributed by atoms with Gasteiger partial charge in [0.25, 0.3) is 0 Å². The van der Waals surface area contributed by atoms with Crippen LogP contribution in [0.4, 0.5) is 4.39 Å². The fraction of sp³-hybridized carbons (Fsp3) is 1.00. The lowest BCUT2D eigenvalue weighted by atomic mass is 9.86. The van der Waals surface area contributed by atoms with Crippen LogP contribution in [-0.4, -0.2) is 62.2 Å². The molecule has 0 aromatic heterocycles. The van der Waals surface area contributed by atoms with Crippen LogP contribution in [-0.2, 0) is 0 Å². The first kappa shape index (κ1) is 9.82. The Bertz CT molecular complexity index is 107. The van der Waals surface area contributed by atoms with Crippen LogP contribution in [0, 0.1) is 0 Å². The molecule has 1 aliphatic rings. The first-order chi connectivity index (χ1) is 5.46. The summed E-state index contributed by atoms with van der Waals surface area (Å²) in [5, 5.41) is 44.4. The van der Waals surface area contributed by atoms with Gasteiger partial charge in [0.15, 0.2) is 6.17 Å². The lowest BCUT2D eigenvalue weighted by Crippen LogP contribution is -2.62. The van der Waals surface area contributed by atoms with Gasteiger partial charge >= 0.3 is 0 Å². The van der Waals surface area contributed by atoms with E-state index in [1.807, 2.05) is 0 Å². The highest BCUT2D eigenvalue weighted by atomic mass is 19.1. The van der Waals surface area contributed by atoms with E-state index in [2.05, 4.69) is 0 Å². The molecule has 1 rings (SSSR count). The van der Waals surface area contributed by atoms with Crippen molar-refractivity contribution < 1.29 is 29.9 Å². The van der Waals surface area contributed by atoms with Gasteiger partial charge in [-0.2, -0.15) is 0 Å². The van der Waals surface area contributed by atoms with Gasteiger partial charge in [0.2, 0.25) is 0 Å². The minimum absolute atomic E-state index is 1.72. The van der Waals surface area contributed by atoms with Crippen LogP contribution in [0.15, 0.2) is 0 Å². The van der Waals surface area contributed by atoms with Crippen LogP contribution in [0.5, 0.6) is 0 Å². The minimum atomic E-state index is -2.14. The SMILES string of the molecule is OC1[C@@H](O)[C@H](O)C(F)[C@H](O)[C@H]1O. The number of halogens is 1. The van der Waals surface area contributed by atoms with Crippen LogP contribution in [0.1, 0.15) is 0 Å². The molecular formula is C6H11FO5. The van der Waals surface area contributed by atoms with Crippen LogP contribution in [0.25, 0.3) is 0 Å². The minimum Gasteiger partial charge on any atom is -0.387 e. The van der Waals surface area contributed by atoms with Crippen LogP contribution in [0.3, 0.4) is 0 Å². The topological polar surface area (TPSA) is 101 Å². The lowest BCUT2D eigenvalue weighted by Gasteiger charge is -2.38. The molecule has 0 saturated heterocycles. The Hall–Kier alpha value is -0.270. The van der Waals surface area contributed by atoms with Crippen molar-refractivity contribution in [2.24, 2.45) is 0 Å². The van der Waals surface area contributed by atoms with E-state index in [4.69, 9.17) is 25.5 Å². The summed E-state index contributed by atoms with van der Waals surface area (Å²) < 4.78 is 12.7. The molecule has 0 aliphatic heterocycles. The molecule has 5 N–H and O–H groups in total. The zero-order valence-electron chi connectivity index (χ0n) is 6.08. The molecule has 0 aromatic carbocycles. The number of hydrogen-bond donors (Lipinski definition) is 5. The molecule has 0 aromatic rings. The summed E-state index contributed by atoms with van der Waals surface area (Å²) in [5.41, 5.74) is 0. The van der Waals surface area contributed by atoms with Crippen LogP contribution in [0.2, 0.25) is 0 Å². The Morgan fingerprint density at radius 1 is 0.583 bits per heavy atom. The average Bonchev–Trinajstić information content (AvgIpc) is 2.08. The lowest BCUT2D eigenvalue weighted by molar-refractivity contribution is -0.206. The third kappa shape index (κ3) is 1.32. The molecular weight excluding hydrogens is 171 g/mol. The molecule has 12 heavy (non-hydrogen) atoms. The number of alkyl halides is 1. The normalized spacial score (nSPS) is 55.5. The summed E-state index contributed by atoms with van der Waals surface area (Å²) in [7, 11) is 0. The molecule has 0 bridgehead atoms. The third-order valence-corrected chi connectivity index (χ3v) is 2.05. The predicted molar refractivity (Wildman–Crippen MR) is 34.9 cm³/mol. The summed E-state index contributed by atoms with van der Waals surface area (Å²) in [4.78, 5) is 0. The van der Waals surface area contributed by atoms with Gasteiger partial charge in [-0.1, -0.05) is 0 Å². The van der Waals surface area contributed by atoms with Gasteiger partial charge in [-0.25, -0.2) is 4.39 Å². The summed E-state index contributed by atoms with van der Waals surface area (Å²) in [6.45, 7) is 0. The standard InChI is InChI=1S/C6H11FO5/c7-1-2(8)4(10)6(12)5(11)3(1)9/h1-6,8-12H/t1?,2-,3+,4+,5-,6?. The summed E-state index contributed by atoms with van der Waals surface area (Å²) in [5.74, 6) is 0. The smallest absolute Gasteiger partial charge is 0.157 e. The van der Waals surface area contributed by atoms with Crippen molar-refractivity contribution >= 4 is 0 Å². The Kier molecular flexibility index (Phi) is 2.64. The highest BCUT2D eigenvalue weighted by Crippen LogP contribution is 2.23. The highest BCUT2D eigenvalue weighted by Gasteiger charge is 2.48. The predicted octanol–water partition coefficient (Wildman–Crippen LogP) is -2.86. The van der Waals surface area contributed by atoms with Gasteiger partial charge in [-0.05, 0) is 0 Å². The Morgan fingerprint density at radius 3 is 1.17 bits per heavy atom. The molecule has 6 heteroatoms. The van der Waals surface area contributed by atoms with Gasteiger partial charge in [0.05, 0.1) is 0 Å². The Balaban J connectivity index is 2.76. The van der Waals surface area contributed by atoms with E-state index in [1.165, 1.54) is 0 Å². The van der Waals surface area contributed by atoms with Crippen molar-refractivity contribution in [2.45, 2.75) is 36.7 Å². The van der Waals surface area contributed by atoms with Crippen molar-refractivity contribution in [1.82, 2.24) is 0 Å². The summed E-state index contributed by atoms with van der Waals surface area (Å²) >= 11 is 0. The molecule has 72 valence electrons. The summed E-state index contributed by atoms with van der Waals surface area (Å²) in [6.07, 6.45) is -11.1. The van der Waals surface area contributed by atoms with Gasteiger partial charge in [0.1, 0.15) is 30.5 Å². The zero-order valence-corrected chi connectivity index (χ0v) is 6.08. The van der Waals surface area contributed by atoms with Crippen molar-refractivity contribution in [3.8, 4) is 0 Å².